The number of hydrogen-bond donors (Lipinski definition) is 1. The minimum absolute atomic E-state index is 0.296. The second-order valence-corrected chi connectivity index (χ2v) is 6.71. The number of nitrogens with one attached hydrogen (secondary N) is 1. The summed E-state index contributed by atoms with van der Waals surface area (Å²) in [7, 11) is 0. The molecule has 2 aromatic carbocycles. The number of rotatable bonds is 3. The van der Waals surface area contributed by atoms with Gasteiger partial charge in [-0.1, -0.05) is 47.5 Å². The summed E-state index contributed by atoms with van der Waals surface area (Å²) in [6.07, 6.45) is 1.69. The lowest BCUT2D eigenvalue weighted by Crippen LogP contribution is -2.13. The van der Waals surface area contributed by atoms with Crippen molar-refractivity contribution >= 4 is 45.7 Å². The normalized spacial score (nSPS) is 10.7. The van der Waals surface area contributed by atoms with Crippen molar-refractivity contribution in [1.29, 1.82) is 0 Å². The van der Waals surface area contributed by atoms with Crippen molar-refractivity contribution in [3.8, 4) is 11.4 Å². The second-order valence-electron chi connectivity index (χ2n) is 5.87. The van der Waals surface area contributed by atoms with Crippen molar-refractivity contribution in [2.75, 3.05) is 5.32 Å². The Morgan fingerprint density at radius 3 is 2.52 bits per heavy atom. The Morgan fingerprint density at radius 2 is 1.70 bits per heavy atom. The number of anilines is 1. The molecule has 0 atom stereocenters. The van der Waals surface area contributed by atoms with E-state index in [0.29, 0.717) is 38.2 Å². The number of nitrogens with zero attached hydrogens (tertiary/aromatic N) is 2. The van der Waals surface area contributed by atoms with Crippen LogP contribution in [0.5, 0.6) is 0 Å². The number of hydrogen-bond acceptors (Lipinski definition) is 3. The fourth-order valence-electron chi connectivity index (χ4n) is 2.79. The first-order valence-electron chi connectivity index (χ1n) is 8.19. The lowest BCUT2D eigenvalue weighted by atomic mass is 10.1. The number of carbonyl (C=O) groups excluding carboxylic acids is 1. The van der Waals surface area contributed by atoms with Crippen molar-refractivity contribution in [3.05, 3.63) is 88.5 Å². The third-order valence-corrected chi connectivity index (χ3v) is 4.63. The van der Waals surface area contributed by atoms with Crippen molar-refractivity contribution < 1.29 is 4.79 Å². The van der Waals surface area contributed by atoms with Crippen LogP contribution in [0, 0.1) is 0 Å². The van der Waals surface area contributed by atoms with Crippen LogP contribution >= 0.6 is 23.2 Å². The van der Waals surface area contributed by atoms with Crippen LogP contribution in [0.1, 0.15) is 10.4 Å². The summed E-state index contributed by atoms with van der Waals surface area (Å²) in [6.45, 7) is 0. The van der Waals surface area contributed by atoms with Crippen molar-refractivity contribution in [1.82, 2.24) is 9.97 Å². The van der Waals surface area contributed by atoms with Crippen LogP contribution in [-0.2, 0) is 0 Å². The van der Waals surface area contributed by atoms with E-state index in [4.69, 9.17) is 23.2 Å². The predicted octanol–water partition coefficient (Wildman–Crippen LogP) is 5.86. The van der Waals surface area contributed by atoms with Gasteiger partial charge >= 0.3 is 0 Å². The van der Waals surface area contributed by atoms with E-state index < -0.39 is 0 Å². The fraction of sp³-hybridized carbons (Fsp3) is 0. The van der Waals surface area contributed by atoms with E-state index in [9.17, 15) is 4.79 Å². The highest BCUT2D eigenvalue weighted by molar-refractivity contribution is 6.36. The number of benzene rings is 2. The third kappa shape index (κ3) is 3.63. The van der Waals surface area contributed by atoms with Gasteiger partial charge in [-0.25, -0.2) is 4.98 Å². The average molecular weight is 394 g/mol. The molecule has 2 aromatic heterocycles. The Kier molecular flexibility index (Phi) is 4.75. The molecule has 132 valence electrons. The number of aromatic nitrogens is 2. The summed E-state index contributed by atoms with van der Waals surface area (Å²) in [5, 5.41) is 4.48. The van der Waals surface area contributed by atoms with E-state index in [2.05, 4.69) is 15.3 Å². The molecule has 4 rings (SSSR count). The topological polar surface area (TPSA) is 54.9 Å². The molecule has 0 radical (unpaired) electrons. The van der Waals surface area contributed by atoms with Gasteiger partial charge in [0.05, 0.1) is 33.2 Å². The highest BCUT2D eigenvalue weighted by Crippen LogP contribution is 2.28. The minimum Gasteiger partial charge on any atom is -0.321 e. The highest BCUT2D eigenvalue weighted by Gasteiger charge is 2.15. The molecule has 1 N–H and O–H groups in total. The van der Waals surface area contributed by atoms with Gasteiger partial charge in [-0.3, -0.25) is 9.78 Å². The largest absolute Gasteiger partial charge is 0.321 e. The van der Waals surface area contributed by atoms with Crippen LogP contribution in [-0.4, -0.2) is 15.9 Å². The van der Waals surface area contributed by atoms with Crippen LogP contribution in [0.3, 0.4) is 0 Å². The van der Waals surface area contributed by atoms with Gasteiger partial charge in [0.25, 0.3) is 5.91 Å². The van der Waals surface area contributed by atoms with E-state index >= 15 is 0 Å². The maximum Gasteiger partial charge on any atom is 0.256 e. The molecule has 4 nitrogen and oxygen atoms in total. The molecular weight excluding hydrogens is 381 g/mol. The Bertz CT molecular complexity index is 1150. The third-order valence-electron chi connectivity index (χ3n) is 4.06. The van der Waals surface area contributed by atoms with Crippen LogP contribution in [0.15, 0.2) is 72.9 Å². The van der Waals surface area contributed by atoms with E-state index in [1.54, 1.807) is 30.5 Å². The lowest BCUT2D eigenvalue weighted by molar-refractivity contribution is 0.102. The molecule has 0 aliphatic carbocycles. The van der Waals surface area contributed by atoms with Gasteiger partial charge < -0.3 is 5.32 Å². The lowest BCUT2D eigenvalue weighted by Gasteiger charge is -2.11. The van der Waals surface area contributed by atoms with Gasteiger partial charge in [-0.2, -0.15) is 0 Å². The highest BCUT2D eigenvalue weighted by atomic mass is 35.5. The zero-order valence-electron chi connectivity index (χ0n) is 14.0. The minimum atomic E-state index is -0.296. The van der Waals surface area contributed by atoms with Crippen LogP contribution in [0.4, 0.5) is 5.69 Å². The summed E-state index contributed by atoms with van der Waals surface area (Å²) < 4.78 is 0. The summed E-state index contributed by atoms with van der Waals surface area (Å²) in [5.41, 5.74) is 2.96. The first kappa shape index (κ1) is 17.5. The Balaban J connectivity index is 1.82. The molecule has 0 saturated carbocycles. The number of fused-ring (bicyclic) bond motifs is 1. The number of para-hydroxylation sites is 1. The van der Waals surface area contributed by atoms with Crippen LogP contribution in [0.2, 0.25) is 10.0 Å². The second kappa shape index (κ2) is 7.35. The Morgan fingerprint density at radius 1 is 0.889 bits per heavy atom. The van der Waals surface area contributed by atoms with Gasteiger partial charge in [0, 0.05) is 16.6 Å². The molecule has 0 fully saturated rings. The summed E-state index contributed by atoms with van der Waals surface area (Å²) in [5.74, 6) is -0.296. The monoisotopic (exact) mass is 393 g/mol. The van der Waals surface area contributed by atoms with Crippen molar-refractivity contribution in [2.45, 2.75) is 0 Å². The summed E-state index contributed by atoms with van der Waals surface area (Å²) in [6, 6.07) is 19.7. The predicted molar refractivity (Wildman–Crippen MR) is 109 cm³/mol. The van der Waals surface area contributed by atoms with E-state index in [0.717, 1.165) is 5.39 Å². The average Bonchev–Trinajstić information content (AvgIpc) is 2.70. The van der Waals surface area contributed by atoms with Crippen molar-refractivity contribution in [2.24, 2.45) is 0 Å². The summed E-state index contributed by atoms with van der Waals surface area (Å²) in [4.78, 5) is 22.0. The molecule has 0 bridgehead atoms. The van der Waals surface area contributed by atoms with E-state index in [1.807, 2.05) is 42.5 Å². The molecule has 27 heavy (non-hydrogen) atoms. The number of carbonyl (C=O) groups is 1. The zero-order chi connectivity index (χ0) is 18.8. The van der Waals surface area contributed by atoms with Crippen molar-refractivity contribution in [3.63, 3.8) is 0 Å². The molecular formula is C21H13Cl2N3O. The molecule has 0 aliphatic heterocycles. The van der Waals surface area contributed by atoms with E-state index in [1.165, 1.54) is 0 Å². The zero-order valence-corrected chi connectivity index (χ0v) is 15.5. The van der Waals surface area contributed by atoms with Gasteiger partial charge in [-0.15, -0.1) is 0 Å². The van der Waals surface area contributed by atoms with Gasteiger partial charge in [0.2, 0.25) is 0 Å². The molecule has 1 amide bonds. The fourth-order valence-corrected chi connectivity index (χ4v) is 3.13. The molecule has 4 aromatic rings. The Hall–Kier alpha value is -2.95. The molecule has 0 aliphatic rings. The SMILES string of the molecule is O=C(Nc1cc(Cl)ccc1Cl)c1cc(-c2ccccn2)nc2ccccc12. The van der Waals surface area contributed by atoms with Gasteiger partial charge in [0.15, 0.2) is 0 Å². The maximum atomic E-state index is 13.0. The van der Waals surface area contributed by atoms with Gasteiger partial charge in [0.1, 0.15) is 0 Å². The van der Waals surface area contributed by atoms with Gasteiger partial charge in [-0.05, 0) is 42.5 Å². The molecule has 2 heterocycles. The maximum absolute atomic E-state index is 13.0. The quantitative estimate of drug-likeness (QED) is 0.474. The number of halogens is 2. The first-order valence-corrected chi connectivity index (χ1v) is 8.95. The Labute approximate surface area is 165 Å². The summed E-state index contributed by atoms with van der Waals surface area (Å²) >= 11 is 12.2. The van der Waals surface area contributed by atoms with E-state index in [-0.39, 0.29) is 5.91 Å². The first-order chi connectivity index (χ1) is 13.1. The van der Waals surface area contributed by atoms with Crippen LogP contribution < -0.4 is 5.32 Å². The molecule has 6 heteroatoms. The standard InChI is InChI=1S/C21H13Cl2N3O/c22-13-8-9-16(23)19(11-13)26-21(27)15-12-20(18-7-3-4-10-24-18)25-17-6-2-1-5-14(15)17/h1-12H,(H,26,27). The molecule has 0 unspecified atom stereocenters. The number of pyridine rings is 2. The number of amides is 1. The molecule has 0 saturated heterocycles. The van der Waals surface area contributed by atoms with Crippen LogP contribution in [0.25, 0.3) is 22.3 Å². The molecule has 0 spiro atoms. The smallest absolute Gasteiger partial charge is 0.256 e.